The van der Waals surface area contributed by atoms with Gasteiger partial charge in [-0.3, -0.25) is 10.2 Å². The SMILES string of the molecule is CC1OCCC1CN=C(N)NO. The summed E-state index contributed by atoms with van der Waals surface area (Å²) in [5, 5.41) is 8.34. The fourth-order valence-electron chi connectivity index (χ4n) is 1.27. The fourth-order valence-corrected chi connectivity index (χ4v) is 1.27. The predicted molar refractivity (Wildman–Crippen MR) is 44.9 cm³/mol. The van der Waals surface area contributed by atoms with E-state index < -0.39 is 0 Å². The second-order valence-electron chi connectivity index (χ2n) is 2.96. The largest absolute Gasteiger partial charge is 0.378 e. The highest BCUT2D eigenvalue weighted by Gasteiger charge is 2.23. The Balaban J connectivity index is 2.31. The molecule has 12 heavy (non-hydrogen) atoms. The summed E-state index contributed by atoms with van der Waals surface area (Å²) in [4.78, 5) is 3.93. The van der Waals surface area contributed by atoms with Crippen molar-refractivity contribution in [2.75, 3.05) is 13.2 Å². The molecule has 0 saturated carbocycles. The lowest BCUT2D eigenvalue weighted by molar-refractivity contribution is 0.107. The Labute approximate surface area is 71.6 Å². The number of hydrogen-bond donors (Lipinski definition) is 3. The van der Waals surface area contributed by atoms with Crippen LogP contribution in [0.25, 0.3) is 0 Å². The van der Waals surface area contributed by atoms with Crippen molar-refractivity contribution in [1.29, 1.82) is 0 Å². The molecule has 0 amide bonds. The van der Waals surface area contributed by atoms with Gasteiger partial charge in [-0.1, -0.05) is 0 Å². The van der Waals surface area contributed by atoms with Crippen LogP contribution in [0.5, 0.6) is 0 Å². The van der Waals surface area contributed by atoms with Gasteiger partial charge in [-0.25, -0.2) is 5.48 Å². The Morgan fingerprint density at radius 2 is 2.58 bits per heavy atom. The third kappa shape index (κ3) is 2.35. The topological polar surface area (TPSA) is 79.9 Å². The number of nitrogens with one attached hydrogen (secondary N) is 1. The molecule has 1 rings (SSSR count). The smallest absolute Gasteiger partial charge is 0.212 e. The van der Waals surface area contributed by atoms with E-state index in [0.29, 0.717) is 12.5 Å². The lowest BCUT2D eigenvalue weighted by atomic mass is 10.0. The van der Waals surface area contributed by atoms with Crippen LogP contribution in [0.2, 0.25) is 0 Å². The van der Waals surface area contributed by atoms with Crippen LogP contribution in [0.3, 0.4) is 0 Å². The van der Waals surface area contributed by atoms with E-state index in [2.05, 4.69) is 4.99 Å². The Bertz CT molecular complexity index is 172. The van der Waals surface area contributed by atoms with E-state index in [1.165, 1.54) is 0 Å². The Morgan fingerprint density at radius 3 is 3.08 bits per heavy atom. The van der Waals surface area contributed by atoms with E-state index in [0.717, 1.165) is 13.0 Å². The molecule has 0 aromatic rings. The molecule has 1 aliphatic rings. The standard InChI is InChI=1S/C7H15N3O2/c1-5-6(2-3-12-5)4-9-7(8)10-11/h5-6,11H,2-4H2,1H3,(H3,8,9,10). The van der Waals surface area contributed by atoms with Gasteiger partial charge in [-0.15, -0.1) is 0 Å². The zero-order valence-corrected chi connectivity index (χ0v) is 7.16. The quantitative estimate of drug-likeness (QED) is 0.304. The molecule has 0 aliphatic carbocycles. The van der Waals surface area contributed by atoms with Crippen LogP contribution >= 0.6 is 0 Å². The second-order valence-corrected chi connectivity index (χ2v) is 2.96. The van der Waals surface area contributed by atoms with Gasteiger partial charge in [0.05, 0.1) is 6.10 Å². The summed E-state index contributed by atoms with van der Waals surface area (Å²) in [6.07, 6.45) is 1.27. The molecule has 5 nitrogen and oxygen atoms in total. The molecule has 1 heterocycles. The summed E-state index contributed by atoms with van der Waals surface area (Å²) < 4.78 is 5.34. The Kier molecular flexibility index (Phi) is 3.31. The number of nitrogens with two attached hydrogens (primary N) is 1. The van der Waals surface area contributed by atoms with E-state index in [4.69, 9.17) is 15.7 Å². The van der Waals surface area contributed by atoms with Crippen molar-refractivity contribution < 1.29 is 9.94 Å². The first-order valence-electron chi connectivity index (χ1n) is 4.05. The van der Waals surface area contributed by atoms with Crippen molar-refractivity contribution in [2.24, 2.45) is 16.6 Å². The van der Waals surface area contributed by atoms with Gasteiger partial charge in [0.25, 0.3) is 0 Å². The van der Waals surface area contributed by atoms with Crippen LogP contribution in [0.1, 0.15) is 13.3 Å². The van der Waals surface area contributed by atoms with Gasteiger partial charge in [-0.2, -0.15) is 0 Å². The molecule has 0 spiro atoms. The molecule has 2 atom stereocenters. The Morgan fingerprint density at radius 1 is 1.83 bits per heavy atom. The summed E-state index contributed by atoms with van der Waals surface area (Å²) in [6, 6.07) is 0. The summed E-state index contributed by atoms with van der Waals surface area (Å²) in [5.41, 5.74) is 7.04. The molecular formula is C7H15N3O2. The van der Waals surface area contributed by atoms with Crippen LogP contribution < -0.4 is 11.2 Å². The van der Waals surface area contributed by atoms with Crippen molar-refractivity contribution in [3.05, 3.63) is 0 Å². The maximum absolute atomic E-state index is 8.34. The van der Waals surface area contributed by atoms with Gasteiger partial charge >= 0.3 is 0 Å². The summed E-state index contributed by atoms with van der Waals surface area (Å²) in [5.74, 6) is 0.492. The van der Waals surface area contributed by atoms with Crippen LogP contribution in [-0.2, 0) is 4.74 Å². The van der Waals surface area contributed by atoms with Crippen LogP contribution in [0.15, 0.2) is 4.99 Å². The normalized spacial score (nSPS) is 30.7. The zero-order valence-electron chi connectivity index (χ0n) is 7.16. The van der Waals surface area contributed by atoms with Gasteiger partial charge in [0.1, 0.15) is 0 Å². The van der Waals surface area contributed by atoms with Crippen LogP contribution in [0.4, 0.5) is 0 Å². The molecule has 5 heteroatoms. The van der Waals surface area contributed by atoms with Gasteiger partial charge < -0.3 is 10.5 Å². The first kappa shape index (κ1) is 9.28. The third-order valence-corrected chi connectivity index (χ3v) is 2.14. The zero-order chi connectivity index (χ0) is 8.97. The number of aliphatic imine (C=N–C) groups is 1. The Hall–Kier alpha value is -0.810. The van der Waals surface area contributed by atoms with Gasteiger partial charge in [-0.05, 0) is 13.3 Å². The van der Waals surface area contributed by atoms with Crippen molar-refractivity contribution >= 4 is 5.96 Å². The average Bonchev–Trinajstić information content (AvgIpc) is 2.47. The fraction of sp³-hybridized carbons (Fsp3) is 0.857. The molecule has 70 valence electrons. The molecule has 0 radical (unpaired) electrons. The summed E-state index contributed by atoms with van der Waals surface area (Å²) in [7, 11) is 0. The highest BCUT2D eigenvalue weighted by molar-refractivity contribution is 5.76. The lowest BCUT2D eigenvalue weighted by Crippen LogP contribution is -2.29. The average molecular weight is 173 g/mol. The number of rotatable bonds is 2. The molecule has 1 fully saturated rings. The van der Waals surface area contributed by atoms with Gasteiger partial charge in [0.15, 0.2) is 0 Å². The third-order valence-electron chi connectivity index (χ3n) is 2.14. The monoisotopic (exact) mass is 173 g/mol. The van der Waals surface area contributed by atoms with E-state index in [9.17, 15) is 0 Å². The van der Waals surface area contributed by atoms with E-state index >= 15 is 0 Å². The second kappa shape index (κ2) is 4.27. The van der Waals surface area contributed by atoms with Gasteiger partial charge in [0.2, 0.25) is 5.96 Å². The predicted octanol–water partition coefficient (Wildman–Crippen LogP) is -0.295. The molecule has 0 aromatic heterocycles. The molecule has 2 unspecified atom stereocenters. The minimum Gasteiger partial charge on any atom is -0.378 e. The highest BCUT2D eigenvalue weighted by Crippen LogP contribution is 2.20. The van der Waals surface area contributed by atoms with Crippen molar-refractivity contribution in [1.82, 2.24) is 5.48 Å². The van der Waals surface area contributed by atoms with Crippen LogP contribution in [0, 0.1) is 5.92 Å². The minimum absolute atomic E-state index is 0.0640. The van der Waals surface area contributed by atoms with E-state index in [1.807, 2.05) is 6.92 Å². The van der Waals surface area contributed by atoms with Crippen LogP contribution in [-0.4, -0.2) is 30.4 Å². The van der Waals surface area contributed by atoms with Crippen molar-refractivity contribution in [3.63, 3.8) is 0 Å². The lowest BCUT2D eigenvalue weighted by Gasteiger charge is -2.10. The minimum atomic E-state index is 0.0640. The number of ether oxygens (including phenoxy) is 1. The summed E-state index contributed by atoms with van der Waals surface area (Å²) >= 11 is 0. The highest BCUT2D eigenvalue weighted by atomic mass is 16.5. The maximum atomic E-state index is 8.34. The molecule has 1 saturated heterocycles. The van der Waals surface area contributed by atoms with Crippen molar-refractivity contribution in [3.8, 4) is 0 Å². The molecular weight excluding hydrogens is 158 g/mol. The van der Waals surface area contributed by atoms with Crippen molar-refractivity contribution in [2.45, 2.75) is 19.4 Å². The molecule has 0 aromatic carbocycles. The first-order valence-corrected chi connectivity index (χ1v) is 4.05. The van der Waals surface area contributed by atoms with E-state index in [1.54, 1.807) is 5.48 Å². The van der Waals surface area contributed by atoms with E-state index in [-0.39, 0.29) is 12.1 Å². The first-order chi connectivity index (χ1) is 5.74. The summed E-state index contributed by atoms with van der Waals surface area (Å²) in [6.45, 7) is 3.43. The molecule has 1 aliphatic heterocycles. The van der Waals surface area contributed by atoms with Gasteiger partial charge in [0, 0.05) is 19.1 Å². The maximum Gasteiger partial charge on any atom is 0.212 e. The molecule has 0 bridgehead atoms. The number of hydrogen-bond acceptors (Lipinski definition) is 3. The number of nitrogens with zero attached hydrogens (tertiary/aromatic N) is 1. The number of hydroxylamine groups is 1. The molecule has 4 N–H and O–H groups in total. The number of guanidine groups is 1.